The summed E-state index contributed by atoms with van der Waals surface area (Å²) < 4.78 is 5.07. The Morgan fingerprint density at radius 3 is 1.49 bits per heavy atom. The van der Waals surface area contributed by atoms with Crippen LogP contribution in [0.4, 0.5) is 17.1 Å². The van der Waals surface area contributed by atoms with Crippen molar-refractivity contribution in [2.45, 2.75) is 0 Å². The van der Waals surface area contributed by atoms with Crippen LogP contribution < -0.4 is 4.90 Å². The van der Waals surface area contributed by atoms with Crippen LogP contribution in [0, 0.1) is 0 Å². The zero-order valence-corrected chi connectivity index (χ0v) is 36.2. The van der Waals surface area contributed by atoms with Gasteiger partial charge in [-0.05, 0) is 140 Å². The topological polar surface area (TPSA) is 8.17 Å². The monoisotopic (exact) mass is 844 g/mol. The highest BCUT2D eigenvalue weighted by atomic mass is 32.1. The summed E-state index contributed by atoms with van der Waals surface area (Å²) in [6.45, 7) is 0. The average Bonchev–Trinajstić information content (AvgIpc) is 3.91. The molecule has 13 rings (SSSR count). The Hall–Kier alpha value is -8.24. The van der Waals surface area contributed by atoms with Gasteiger partial charge >= 0.3 is 0 Å². The number of fused-ring (bicyclic) bond motifs is 9. The van der Waals surface area contributed by atoms with E-state index >= 15 is 0 Å². The second-order valence-corrected chi connectivity index (χ2v) is 18.0. The summed E-state index contributed by atoms with van der Waals surface area (Å²) in [7, 11) is 0. The average molecular weight is 845 g/mol. The van der Waals surface area contributed by atoms with Gasteiger partial charge < -0.3 is 9.47 Å². The Kier molecular flexibility index (Phi) is 8.75. The van der Waals surface area contributed by atoms with E-state index in [1.807, 2.05) is 11.3 Å². The summed E-state index contributed by atoms with van der Waals surface area (Å²) in [5, 5.41) is 10.3. The molecule has 0 bridgehead atoms. The first-order chi connectivity index (χ1) is 32.2. The number of hydrogen-bond acceptors (Lipinski definition) is 2. The molecule has 0 spiro atoms. The number of anilines is 3. The molecule has 0 radical (unpaired) electrons. The van der Waals surface area contributed by atoms with Gasteiger partial charge in [0.15, 0.2) is 0 Å². The van der Waals surface area contributed by atoms with Crippen LogP contribution in [0.1, 0.15) is 0 Å². The maximum Gasteiger partial charge on any atom is 0.0555 e. The predicted octanol–water partition coefficient (Wildman–Crippen LogP) is 17.9. The lowest BCUT2D eigenvalue weighted by Gasteiger charge is -2.26. The molecule has 65 heavy (non-hydrogen) atoms. The highest BCUT2D eigenvalue weighted by molar-refractivity contribution is 7.26. The second-order valence-electron chi connectivity index (χ2n) is 16.9. The van der Waals surface area contributed by atoms with E-state index in [1.54, 1.807) is 0 Å². The van der Waals surface area contributed by atoms with Crippen molar-refractivity contribution in [1.82, 2.24) is 4.57 Å². The number of para-hydroxylation sites is 1. The zero-order chi connectivity index (χ0) is 42.8. The molecule has 0 fully saturated rings. The molecular weight excluding hydrogens is 805 g/mol. The first-order valence-corrected chi connectivity index (χ1v) is 23.0. The highest BCUT2D eigenvalue weighted by Gasteiger charge is 2.19. The van der Waals surface area contributed by atoms with Crippen LogP contribution in [0.2, 0.25) is 0 Å². The number of aromatic nitrogens is 1. The van der Waals surface area contributed by atoms with Gasteiger partial charge in [-0.25, -0.2) is 0 Å². The van der Waals surface area contributed by atoms with E-state index in [0.717, 1.165) is 22.7 Å². The first kappa shape index (κ1) is 37.3. The van der Waals surface area contributed by atoms with Gasteiger partial charge in [0, 0.05) is 53.7 Å². The molecule has 304 valence electrons. The van der Waals surface area contributed by atoms with Crippen molar-refractivity contribution in [3.8, 4) is 39.1 Å². The van der Waals surface area contributed by atoms with Gasteiger partial charge in [0.05, 0.1) is 11.0 Å². The second kappa shape index (κ2) is 15.2. The first-order valence-electron chi connectivity index (χ1n) is 22.2. The van der Waals surface area contributed by atoms with Crippen LogP contribution in [-0.2, 0) is 0 Å². The third-order valence-electron chi connectivity index (χ3n) is 13.2. The van der Waals surface area contributed by atoms with Crippen LogP contribution in [0.5, 0.6) is 0 Å². The van der Waals surface area contributed by atoms with Crippen molar-refractivity contribution in [2.75, 3.05) is 4.90 Å². The fraction of sp³-hybridized carbons (Fsp3) is 0. The Morgan fingerprint density at radius 2 is 0.800 bits per heavy atom. The lowest BCUT2D eigenvalue weighted by molar-refractivity contribution is 1.18. The van der Waals surface area contributed by atoms with Crippen LogP contribution in [-0.4, -0.2) is 4.57 Å². The number of nitrogens with zero attached hydrogens (tertiary/aromatic N) is 2. The molecule has 0 aliphatic rings. The van der Waals surface area contributed by atoms with Gasteiger partial charge in [-0.2, -0.15) is 0 Å². The molecule has 0 aliphatic heterocycles. The van der Waals surface area contributed by atoms with Gasteiger partial charge in [0.25, 0.3) is 0 Å². The molecule has 13 aromatic rings. The largest absolute Gasteiger partial charge is 0.311 e. The van der Waals surface area contributed by atoms with Crippen LogP contribution >= 0.6 is 11.3 Å². The summed E-state index contributed by atoms with van der Waals surface area (Å²) in [4.78, 5) is 2.36. The maximum absolute atomic E-state index is 2.46. The van der Waals surface area contributed by atoms with E-state index in [1.165, 1.54) is 96.9 Å². The molecule has 0 N–H and O–H groups in total. The lowest BCUT2D eigenvalue weighted by atomic mass is 10.00. The molecule has 0 atom stereocenters. The van der Waals surface area contributed by atoms with Crippen molar-refractivity contribution in [3.05, 3.63) is 243 Å². The smallest absolute Gasteiger partial charge is 0.0555 e. The number of rotatable bonds is 7. The highest BCUT2D eigenvalue weighted by Crippen LogP contribution is 2.44. The Labute approximate surface area is 381 Å². The van der Waals surface area contributed by atoms with E-state index in [9.17, 15) is 0 Å². The number of benzene rings is 11. The van der Waals surface area contributed by atoms with E-state index in [-0.39, 0.29) is 0 Å². The van der Waals surface area contributed by atoms with E-state index in [4.69, 9.17) is 0 Å². The summed E-state index contributed by atoms with van der Waals surface area (Å²) in [5.41, 5.74) is 14.1. The molecule has 2 nitrogen and oxygen atoms in total. The van der Waals surface area contributed by atoms with Crippen molar-refractivity contribution < 1.29 is 0 Å². The van der Waals surface area contributed by atoms with Crippen LogP contribution in [0.25, 0.3) is 103 Å². The molecule has 11 aromatic carbocycles. The van der Waals surface area contributed by atoms with E-state index < -0.39 is 0 Å². The van der Waals surface area contributed by atoms with E-state index in [2.05, 4.69) is 252 Å². The minimum absolute atomic E-state index is 1.10. The lowest BCUT2D eigenvalue weighted by Crippen LogP contribution is -2.09. The Balaban J connectivity index is 0.920. The standard InChI is InChI=1S/C62H40N2S/c1-3-11-41(12-4-1)43-21-29-51(30-22-43)63(52-31-23-44(24-32-52)48-20-19-42-13-7-8-15-47(42)37-48)53-33-25-45(26-34-53)49-27-35-58-55(38-49)56-39-57-61(40-59(56)64(58)50-16-5-2-6-17-50)65-60-36-28-46-14-9-10-18-54(46)62(57)60/h1-40H. The van der Waals surface area contributed by atoms with Gasteiger partial charge in [0.2, 0.25) is 0 Å². The normalized spacial score (nSPS) is 11.7. The molecule has 0 saturated heterocycles. The molecule has 0 unspecified atom stereocenters. The molecule has 0 amide bonds. The third kappa shape index (κ3) is 6.39. The zero-order valence-electron chi connectivity index (χ0n) is 35.4. The Morgan fingerprint density at radius 1 is 0.292 bits per heavy atom. The summed E-state index contributed by atoms with van der Waals surface area (Å²) in [5.74, 6) is 0. The minimum Gasteiger partial charge on any atom is -0.311 e. The van der Waals surface area contributed by atoms with Crippen molar-refractivity contribution in [2.24, 2.45) is 0 Å². The van der Waals surface area contributed by atoms with Gasteiger partial charge in [-0.3, -0.25) is 0 Å². The predicted molar refractivity (Wildman–Crippen MR) is 280 cm³/mol. The molecule has 2 aromatic heterocycles. The van der Waals surface area contributed by atoms with Gasteiger partial charge in [-0.1, -0.05) is 158 Å². The quantitative estimate of drug-likeness (QED) is 0.155. The van der Waals surface area contributed by atoms with Crippen molar-refractivity contribution in [3.63, 3.8) is 0 Å². The molecule has 0 aliphatic carbocycles. The van der Waals surface area contributed by atoms with Gasteiger partial charge in [-0.15, -0.1) is 11.3 Å². The van der Waals surface area contributed by atoms with Crippen LogP contribution in [0.15, 0.2) is 243 Å². The third-order valence-corrected chi connectivity index (χ3v) is 14.3. The summed E-state index contributed by atoms with van der Waals surface area (Å²) >= 11 is 1.89. The summed E-state index contributed by atoms with van der Waals surface area (Å²) in [6, 6.07) is 88.8. The molecule has 0 saturated carbocycles. The SMILES string of the molecule is c1ccc(-c2ccc(N(c3ccc(-c4ccc5ccccc5c4)cc3)c3ccc(-c4ccc5c(c4)c4cc6c(cc4n5-c4ccccc4)sc4ccc5ccccc5c46)cc3)cc2)cc1. The fourth-order valence-corrected chi connectivity index (χ4v) is 11.1. The number of hydrogen-bond donors (Lipinski definition) is 0. The van der Waals surface area contributed by atoms with Crippen molar-refractivity contribution in [1.29, 1.82) is 0 Å². The molecular formula is C62H40N2S. The molecule has 2 heterocycles. The summed E-state index contributed by atoms with van der Waals surface area (Å²) in [6.07, 6.45) is 0. The van der Waals surface area contributed by atoms with Crippen LogP contribution in [0.3, 0.4) is 0 Å². The van der Waals surface area contributed by atoms with Gasteiger partial charge in [0.1, 0.15) is 0 Å². The maximum atomic E-state index is 2.46. The van der Waals surface area contributed by atoms with Crippen molar-refractivity contribution >= 4 is 91.9 Å². The molecule has 3 heteroatoms. The fourth-order valence-electron chi connectivity index (χ4n) is 9.95. The number of thiophene rings is 1. The Bertz CT molecular complexity index is 3900. The van der Waals surface area contributed by atoms with E-state index in [0.29, 0.717) is 0 Å². The minimum atomic E-state index is 1.10.